The van der Waals surface area contributed by atoms with E-state index < -0.39 is 0 Å². The topological polar surface area (TPSA) is 38.7 Å². The van der Waals surface area contributed by atoms with Gasteiger partial charge in [0.2, 0.25) is 0 Å². The van der Waals surface area contributed by atoms with Crippen LogP contribution in [-0.2, 0) is 0 Å². The molecule has 2 N–H and O–H groups in total. The van der Waals surface area contributed by atoms with Crippen LogP contribution in [0.2, 0.25) is 0 Å². The summed E-state index contributed by atoms with van der Waals surface area (Å²) in [6.45, 7) is 3.74. The van der Waals surface area contributed by atoms with E-state index in [1.807, 2.05) is 7.05 Å². The molecule has 0 aliphatic carbocycles. The summed E-state index contributed by atoms with van der Waals surface area (Å²) in [6, 6.07) is 1.01. The summed E-state index contributed by atoms with van der Waals surface area (Å²) in [5.74, 6) is 0. The lowest BCUT2D eigenvalue weighted by molar-refractivity contribution is 0.136. The zero-order chi connectivity index (χ0) is 12.0. The summed E-state index contributed by atoms with van der Waals surface area (Å²) in [7, 11) is 6.26. The monoisotopic (exact) mass is 229 g/mol. The molecule has 0 spiro atoms. The molecule has 1 fully saturated rings. The SMILES string of the molecule is CNC(CO)CCN1CCC(N(C)C)CC1. The molecule has 0 amide bonds. The van der Waals surface area contributed by atoms with E-state index in [1.54, 1.807) is 0 Å². The van der Waals surface area contributed by atoms with Crippen LogP contribution < -0.4 is 5.32 Å². The normalized spacial score (nSPS) is 21.6. The van der Waals surface area contributed by atoms with Gasteiger partial charge in [0.1, 0.15) is 0 Å². The first-order valence-corrected chi connectivity index (χ1v) is 6.34. The average Bonchev–Trinajstić information content (AvgIpc) is 2.31. The summed E-state index contributed by atoms with van der Waals surface area (Å²) >= 11 is 0. The Morgan fingerprint density at radius 3 is 2.44 bits per heavy atom. The first-order valence-electron chi connectivity index (χ1n) is 6.34. The first-order chi connectivity index (χ1) is 7.67. The number of hydrogen-bond acceptors (Lipinski definition) is 4. The van der Waals surface area contributed by atoms with Crippen molar-refractivity contribution in [3.05, 3.63) is 0 Å². The summed E-state index contributed by atoms with van der Waals surface area (Å²) in [5.41, 5.74) is 0. The smallest absolute Gasteiger partial charge is 0.0585 e. The van der Waals surface area contributed by atoms with Crippen molar-refractivity contribution in [2.75, 3.05) is 47.4 Å². The third kappa shape index (κ3) is 4.37. The van der Waals surface area contributed by atoms with Crippen molar-refractivity contribution in [3.8, 4) is 0 Å². The summed E-state index contributed by atoms with van der Waals surface area (Å²) in [5, 5.41) is 12.2. The summed E-state index contributed by atoms with van der Waals surface area (Å²) < 4.78 is 0. The van der Waals surface area contributed by atoms with Crippen LogP contribution in [0, 0.1) is 0 Å². The molecule has 0 aromatic heterocycles. The summed E-state index contributed by atoms with van der Waals surface area (Å²) in [6.07, 6.45) is 3.59. The Balaban J connectivity index is 2.17. The van der Waals surface area contributed by atoms with E-state index >= 15 is 0 Å². The number of likely N-dealkylation sites (tertiary alicyclic amines) is 1. The molecular weight excluding hydrogens is 202 g/mol. The lowest BCUT2D eigenvalue weighted by atomic mass is 10.0. The van der Waals surface area contributed by atoms with Gasteiger partial charge in [-0.25, -0.2) is 0 Å². The third-order valence-electron chi connectivity index (χ3n) is 3.71. The molecule has 0 bridgehead atoms. The van der Waals surface area contributed by atoms with Crippen molar-refractivity contribution < 1.29 is 5.11 Å². The van der Waals surface area contributed by atoms with Crippen LogP contribution in [0.1, 0.15) is 19.3 Å². The highest BCUT2D eigenvalue weighted by Crippen LogP contribution is 2.14. The van der Waals surface area contributed by atoms with Crippen molar-refractivity contribution in [2.24, 2.45) is 0 Å². The fourth-order valence-electron chi connectivity index (χ4n) is 2.32. The number of nitrogens with one attached hydrogen (secondary N) is 1. The van der Waals surface area contributed by atoms with Gasteiger partial charge in [0, 0.05) is 12.1 Å². The van der Waals surface area contributed by atoms with E-state index in [9.17, 15) is 0 Å². The van der Waals surface area contributed by atoms with Gasteiger partial charge in [0.25, 0.3) is 0 Å². The quantitative estimate of drug-likeness (QED) is 0.671. The zero-order valence-electron chi connectivity index (χ0n) is 10.9. The lowest BCUT2D eigenvalue weighted by Crippen LogP contribution is -2.43. The van der Waals surface area contributed by atoms with Crippen LogP contribution in [0.25, 0.3) is 0 Å². The van der Waals surface area contributed by atoms with Gasteiger partial charge in [-0.3, -0.25) is 0 Å². The van der Waals surface area contributed by atoms with Crippen LogP contribution in [0.15, 0.2) is 0 Å². The minimum absolute atomic E-state index is 0.241. The fourth-order valence-corrected chi connectivity index (χ4v) is 2.32. The molecule has 16 heavy (non-hydrogen) atoms. The predicted molar refractivity (Wildman–Crippen MR) is 67.7 cm³/mol. The molecule has 4 heteroatoms. The molecule has 0 radical (unpaired) electrons. The van der Waals surface area contributed by atoms with Crippen LogP contribution in [0.4, 0.5) is 0 Å². The molecular formula is C12H27N3O. The van der Waals surface area contributed by atoms with Gasteiger partial charge in [-0.2, -0.15) is 0 Å². The van der Waals surface area contributed by atoms with Crippen LogP contribution >= 0.6 is 0 Å². The number of aliphatic hydroxyl groups excluding tert-OH is 1. The number of rotatable bonds is 6. The molecule has 1 unspecified atom stereocenters. The molecule has 0 aromatic carbocycles. The highest BCUT2D eigenvalue weighted by atomic mass is 16.3. The van der Waals surface area contributed by atoms with Gasteiger partial charge >= 0.3 is 0 Å². The minimum atomic E-state index is 0.241. The maximum atomic E-state index is 9.08. The Hall–Kier alpha value is -0.160. The second-order valence-corrected chi connectivity index (χ2v) is 4.99. The molecule has 1 saturated heterocycles. The largest absolute Gasteiger partial charge is 0.395 e. The Morgan fingerprint density at radius 1 is 1.38 bits per heavy atom. The van der Waals surface area contributed by atoms with Gasteiger partial charge in [0.05, 0.1) is 6.61 Å². The fraction of sp³-hybridized carbons (Fsp3) is 1.00. The van der Waals surface area contributed by atoms with Crippen LogP contribution in [0.5, 0.6) is 0 Å². The number of likely N-dealkylation sites (N-methyl/N-ethyl adjacent to an activating group) is 1. The predicted octanol–water partition coefficient (Wildman–Crippen LogP) is -0.0172. The van der Waals surface area contributed by atoms with Gasteiger partial charge in [-0.15, -0.1) is 0 Å². The number of hydrogen-bond donors (Lipinski definition) is 2. The van der Waals surface area contributed by atoms with Crippen molar-refractivity contribution in [1.82, 2.24) is 15.1 Å². The molecule has 1 rings (SSSR count). The maximum absolute atomic E-state index is 9.08. The van der Waals surface area contributed by atoms with Crippen LogP contribution in [0.3, 0.4) is 0 Å². The Kier molecular flexibility index (Phi) is 6.28. The van der Waals surface area contributed by atoms with Gasteiger partial charge < -0.3 is 20.2 Å². The van der Waals surface area contributed by atoms with Gasteiger partial charge in [-0.1, -0.05) is 0 Å². The highest BCUT2D eigenvalue weighted by Gasteiger charge is 2.20. The van der Waals surface area contributed by atoms with Crippen molar-refractivity contribution in [1.29, 1.82) is 0 Å². The van der Waals surface area contributed by atoms with Gasteiger partial charge in [-0.05, 0) is 60.0 Å². The van der Waals surface area contributed by atoms with E-state index in [4.69, 9.17) is 5.11 Å². The van der Waals surface area contributed by atoms with Gasteiger partial charge in [0.15, 0.2) is 0 Å². The van der Waals surface area contributed by atoms with Crippen molar-refractivity contribution >= 4 is 0 Å². The molecule has 1 aliphatic heterocycles. The van der Waals surface area contributed by atoms with E-state index in [2.05, 4.69) is 29.2 Å². The summed E-state index contributed by atoms with van der Waals surface area (Å²) in [4.78, 5) is 4.85. The number of nitrogens with zero attached hydrogens (tertiary/aromatic N) is 2. The van der Waals surface area contributed by atoms with Crippen molar-refractivity contribution in [2.45, 2.75) is 31.3 Å². The van der Waals surface area contributed by atoms with Crippen molar-refractivity contribution in [3.63, 3.8) is 0 Å². The van der Waals surface area contributed by atoms with E-state index in [0.717, 1.165) is 19.0 Å². The molecule has 1 atom stereocenters. The third-order valence-corrected chi connectivity index (χ3v) is 3.71. The van der Waals surface area contributed by atoms with E-state index in [1.165, 1.54) is 25.9 Å². The standard InChI is InChI=1S/C12H27N3O/c1-13-11(10-16)4-7-15-8-5-12(6-9-15)14(2)3/h11-13,16H,4-10H2,1-3H3. The molecule has 96 valence electrons. The lowest BCUT2D eigenvalue weighted by Gasteiger charge is -2.35. The average molecular weight is 229 g/mol. The highest BCUT2D eigenvalue weighted by molar-refractivity contribution is 4.77. The van der Waals surface area contributed by atoms with Crippen LogP contribution in [-0.4, -0.2) is 74.4 Å². The van der Waals surface area contributed by atoms with E-state index in [0.29, 0.717) is 0 Å². The molecule has 0 aromatic rings. The number of piperidine rings is 1. The second kappa shape index (κ2) is 7.22. The zero-order valence-corrected chi connectivity index (χ0v) is 10.9. The second-order valence-electron chi connectivity index (χ2n) is 4.99. The minimum Gasteiger partial charge on any atom is -0.395 e. The molecule has 4 nitrogen and oxygen atoms in total. The Bertz CT molecular complexity index is 175. The van der Waals surface area contributed by atoms with E-state index in [-0.39, 0.29) is 12.6 Å². The number of aliphatic hydroxyl groups is 1. The molecule has 1 heterocycles. The Labute approximate surface area is 99.6 Å². The molecule has 0 saturated carbocycles. The first kappa shape index (κ1) is 13.9. The maximum Gasteiger partial charge on any atom is 0.0585 e. The molecule has 1 aliphatic rings. The Morgan fingerprint density at radius 2 is 2.00 bits per heavy atom.